The number of anilines is 1. The highest BCUT2D eigenvalue weighted by Gasteiger charge is 2.46. The number of ether oxygens (including phenoxy) is 3. The molecule has 0 spiro atoms. The van der Waals surface area contributed by atoms with E-state index in [0.717, 1.165) is 81.4 Å². The monoisotopic (exact) mass is 1080 g/mol. The quantitative estimate of drug-likeness (QED) is 0.0107. The lowest BCUT2D eigenvalue weighted by atomic mass is 10.1. The number of unbranched alkanes of at least 4 members (excludes halogenated alkanes) is 6. The smallest absolute Gasteiger partial charge is 0.462 e. The number of nitrogen functional groups attached to an aromatic ring is 1. The second-order valence-electron chi connectivity index (χ2n) is 17.3. The van der Waals surface area contributed by atoms with Crippen molar-refractivity contribution < 1.29 is 76.5 Å². The maximum absolute atomic E-state index is 12.9. The van der Waals surface area contributed by atoms with Crippen molar-refractivity contribution in [2.75, 3.05) is 25.6 Å². The highest BCUT2D eigenvalue weighted by atomic mass is 31.3. The first-order chi connectivity index (χ1) is 35.5. The van der Waals surface area contributed by atoms with E-state index in [1.807, 2.05) is 24.3 Å². The van der Waals surface area contributed by atoms with Crippen molar-refractivity contribution in [1.82, 2.24) is 9.55 Å². The molecule has 0 radical (unpaired) electrons. The summed E-state index contributed by atoms with van der Waals surface area (Å²) in [6.07, 6.45) is 35.5. The molecule has 20 nitrogen and oxygen atoms in total. The topological polar surface area (TPSA) is 306 Å². The van der Waals surface area contributed by atoms with Gasteiger partial charge in [0.1, 0.15) is 30.7 Å². The zero-order chi connectivity index (χ0) is 54.5. The zero-order valence-corrected chi connectivity index (χ0v) is 44.6. The van der Waals surface area contributed by atoms with E-state index in [9.17, 15) is 53.7 Å². The maximum atomic E-state index is 12.9. The van der Waals surface area contributed by atoms with Crippen LogP contribution in [0, 0.1) is 0 Å². The number of phosphoric ester groups is 2. The van der Waals surface area contributed by atoms with Crippen LogP contribution in [-0.2, 0) is 46.3 Å². The van der Waals surface area contributed by atoms with Gasteiger partial charge in [0.05, 0.1) is 25.4 Å². The van der Waals surface area contributed by atoms with Gasteiger partial charge in [-0.05, 0) is 76.7 Å². The Morgan fingerprint density at radius 1 is 0.730 bits per heavy atom. The first-order valence-corrected chi connectivity index (χ1v) is 28.5. The third-order valence-electron chi connectivity index (χ3n) is 10.9. The molecule has 74 heavy (non-hydrogen) atoms. The largest absolute Gasteiger partial charge is 0.481 e. The molecule has 9 atom stereocenters. The maximum Gasteiger partial charge on any atom is 0.481 e. The van der Waals surface area contributed by atoms with Crippen LogP contribution in [0.5, 0.6) is 0 Å². The van der Waals surface area contributed by atoms with Crippen molar-refractivity contribution in [1.29, 1.82) is 0 Å². The standard InChI is InChI=1S/C52H81N3O17P2/c1-3-5-7-8-9-10-11-12-13-14-15-16-17-18-22-25-29-35-48(59)70-44(39-67-47(58)36-30-34-43(57)33-28-24-21-19-20-23-27-32-42(56)31-26-6-4-2)40-68-73(63,64)72-74(65,66)69-41-45-49(60)50(61)51(71-45)55-38-37-46(53)54-52(55)62/h5,7,9-10,12-13,15-16,20-21,23-24,27-28,32-33,37-38,42-45,49-51,56-57,60-61H,3-4,6,8,11,14,17-19,22,25-26,29-31,34-36,39-41H2,1-2H3,(H,63,64)(H,65,66)(H2,53,54,62)/b7-5-,10-9-,13-12-,16-15-,23-20-,24-21-,32-27+,33-28+/t42-,43-,44+,45+,49+,50+,51+/m0/s1. The van der Waals surface area contributed by atoms with Crippen molar-refractivity contribution in [3.63, 3.8) is 0 Å². The lowest BCUT2D eigenvalue weighted by Crippen LogP contribution is -2.36. The Balaban J connectivity index is 1.88. The molecule has 1 aromatic heterocycles. The van der Waals surface area contributed by atoms with Gasteiger partial charge < -0.3 is 50.2 Å². The van der Waals surface area contributed by atoms with Gasteiger partial charge in [-0.3, -0.25) is 23.2 Å². The van der Waals surface area contributed by atoms with Gasteiger partial charge in [-0.15, -0.1) is 0 Å². The zero-order valence-electron chi connectivity index (χ0n) is 42.8. The number of carbonyl (C=O) groups is 2. The number of rotatable bonds is 40. The van der Waals surface area contributed by atoms with Gasteiger partial charge in [-0.2, -0.15) is 9.29 Å². The summed E-state index contributed by atoms with van der Waals surface area (Å²) in [6.45, 7) is 1.68. The molecule has 1 aliphatic heterocycles. The van der Waals surface area contributed by atoms with E-state index in [0.29, 0.717) is 19.3 Å². The molecule has 0 amide bonds. The summed E-state index contributed by atoms with van der Waals surface area (Å²) in [7, 11) is -11.0. The van der Waals surface area contributed by atoms with Crippen molar-refractivity contribution in [2.24, 2.45) is 0 Å². The minimum atomic E-state index is -5.49. The van der Waals surface area contributed by atoms with Crippen molar-refractivity contribution in [2.45, 2.75) is 172 Å². The summed E-state index contributed by atoms with van der Waals surface area (Å²) < 4.78 is 56.6. The van der Waals surface area contributed by atoms with Crippen LogP contribution in [0.2, 0.25) is 0 Å². The number of aliphatic hydroxyl groups is 4. The first kappa shape index (κ1) is 65.7. The molecule has 1 saturated heterocycles. The van der Waals surface area contributed by atoms with E-state index in [-0.39, 0.29) is 31.5 Å². The minimum absolute atomic E-state index is 0.0333. The minimum Gasteiger partial charge on any atom is -0.462 e. The lowest BCUT2D eigenvalue weighted by molar-refractivity contribution is -0.161. The Hall–Kier alpha value is -4.40. The molecule has 0 aliphatic carbocycles. The van der Waals surface area contributed by atoms with E-state index in [4.69, 9.17) is 29.0 Å². The Labute approximate surface area is 435 Å². The van der Waals surface area contributed by atoms with Crippen LogP contribution in [0.15, 0.2) is 114 Å². The van der Waals surface area contributed by atoms with Crippen molar-refractivity contribution in [3.8, 4) is 0 Å². The molecular weight excluding hydrogens is 1000 g/mol. The fourth-order valence-electron chi connectivity index (χ4n) is 6.87. The summed E-state index contributed by atoms with van der Waals surface area (Å²) in [5.74, 6) is -1.58. The molecule has 1 aliphatic rings. The van der Waals surface area contributed by atoms with E-state index in [1.54, 1.807) is 24.3 Å². The molecule has 0 bridgehead atoms. The van der Waals surface area contributed by atoms with Gasteiger partial charge in [0.2, 0.25) is 0 Å². The average Bonchev–Trinajstić information content (AvgIpc) is 3.63. The Morgan fingerprint density at radius 3 is 1.95 bits per heavy atom. The fraction of sp³-hybridized carbons (Fsp3) is 0.577. The molecule has 8 N–H and O–H groups in total. The van der Waals surface area contributed by atoms with Gasteiger partial charge >= 0.3 is 33.3 Å². The van der Waals surface area contributed by atoms with Crippen LogP contribution in [0.25, 0.3) is 0 Å². The van der Waals surface area contributed by atoms with E-state index in [2.05, 4.69) is 71.8 Å². The van der Waals surface area contributed by atoms with Gasteiger partial charge in [0.25, 0.3) is 0 Å². The Morgan fingerprint density at radius 2 is 1.31 bits per heavy atom. The molecule has 1 fully saturated rings. The van der Waals surface area contributed by atoms with Crippen LogP contribution in [0.1, 0.15) is 136 Å². The SMILES string of the molecule is CC/C=C\C/C=C\C/C=C\C/C=C\CCCCCCC(=O)O[C@H](COC(=O)CCC[C@@H](O)/C=C/C=C\C/C=C\C=C\[C@@H](O)CCCCC)COP(=O)(O)OP(=O)(O)OC[C@H]1O[C@@H](n2ccc(N)nc2=O)[C@H](O)[C@@H]1O. The molecule has 2 unspecified atom stereocenters. The van der Waals surface area contributed by atoms with Gasteiger partial charge in [0, 0.05) is 19.0 Å². The summed E-state index contributed by atoms with van der Waals surface area (Å²) in [4.78, 5) is 61.9. The van der Waals surface area contributed by atoms with Crippen molar-refractivity contribution in [3.05, 3.63) is 120 Å². The normalized spacial score (nSPS) is 20.5. The summed E-state index contributed by atoms with van der Waals surface area (Å²) in [5, 5.41) is 41.2. The third-order valence-corrected chi connectivity index (χ3v) is 13.5. The Bertz CT molecular complexity index is 2160. The van der Waals surface area contributed by atoms with E-state index >= 15 is 0 Å². The number of allylic oxidation sites excluding steroid dienone is 14. The van der Waals surface area contributed by atoms with Gasteiger partial charge in [-0.1, -0.05) is 143 Å². The highest BCUT2D eigenvalue weighted by Crippen LogP contribution is 2.60. The molecule has 416 valence electrons. The van der Waals surface area contributed by atoms with Crippen LogP contribution in [-0.4, -0.2) is 108 Å². The number of nitrogens with zero attached hydrogens (tertiary/aromatic N) is 2. The molecule has 22 heteroatoms. The Kier molecular flexibility index (Phi) is 34.7. The third kappa shape index (κ3) is 31.5. The first-order valence-electron chi connectivity index (χ1n) is 25.5. The average molecular weight is 1080 g/mol. The predicted molar refractivity (Wildman–Crippen MR) is 282 cm³/mol. The lowest BCUT2D eigenvalue weighted by Gasteiger charge is -2.21. The molecular formula is C52H81N3O17P2. The van der Waals surface area contributed by atoms with Gasteiger partial charge in [0.15, 0.2) is 12.3 Å². The number of hydrogen-bond acceptors (Lipinski definition) is 17. The number of phosphoric acid groups is 2. The summed E-state index contributed by atoms with van der Waals surface area (Å²) in [5.41, 5.74) is 4.56. The number of hydrogen-bond donors (Lipinski definition) is 7. The van der Waals surface area contributed by atoms with Crippen LogP contribution in [0.4, 0.5) is 5.82 Å². The predicted octanol–water partition coefficient (Wildman–Crippen LogP) is 8.38. The highest BCUT2D eigenvalue weighted by molar-refractivity contribution is 7.61. The number of aliphatic hydroxyl groups excluding tert-OH is 4. The van der Waals surface area contributed by atoms with Crippen molar-refractivity contribution >= 4 is 33.4 Å². The molecule has 1 aromatic rings. The summed E-state index contributed by atoms with van der Waals surface area (Å²) in [6, 6.07) is 1.23. The summed E-state index contributed by atoms with van der Waals surface area (Å²) >= 11 is 0. The van der Waals surface area contributed by atoms with Crippen LogP contribution >= 0.6 is 15.6 Å². The number of esters is 2. The number of nitrogens with two attached hydrogens (primary N) is 1. The van der Waals surface area contributed by atoms with Crippen LogP contribution < -0.4 is 11.4 Å². The second kappa shape index (κ2) is 39.0. The van der Waals surface area contributed by atoms with Crippen LogP contribution in [0.3, 0.4) is 0 Å². The number of aromatic nitrogens is 2. The van der Waals surface area contributed by atoms with Gasteiger partial charge in [-0.25, -0.2) is 13.9 Å². The molecule has 2 rings (SSSR count). The fourth-order valence-corrected chi connectivity index (χ4v) is 8.98. The number of carbonyl (C=O) groups excluding carboxylic acids is 2. The molecule has 0 saturated carbocycles. The van der Waals surface area contributed by atoms with E-state index in [1.165, 1.54) is 6.07 Å². The molecule has 0 aromatic carbocycles. The molecule has 2 heterocycles. The van der Waals surface area contributed by atoms with E-state index < -0.39 is 95.9 Å². The second-order valence-corrected chi connectivity index (χ2v) is 20.4.